The molecule has 1 unspecified atom stereocenters. The summed E-state index contributed by atoms with van der Waals surface area (Å²) in [6.45, 7) is 6.21. The lowest BCUT2D eigenvalue weighted by molar-refractivity contribution is -0.179. The van der Waals surface area contributed by atoms with Crippen molar-refractivity contribution in [2.45, 2.75) is 73.1 Å². The summed E-state index contributed by atoms with van der Waals surface area (Å²) < 4.78 is 38.0. The summed E-state index contributed by atoms with van der Waals surface area (Å²) in [7, 11) is 7.26. The third-order valence-corrected chi connectivity index (χ3v) is 8.75. The number of nitrogens with zero attached hydrogens (tertiary/aromatic N) is 5. The van der Waals surface area contributed by atoms with Crippen molar-refractivity contribution in [1.82, 2.24) is 31.1 Å². The maximum Gasteiger partial charge on any atom is 0.407 e. The minimum atomic E-state index is -1.86. The number of nitrogens with one attached hydrogen (secondary N) is 4. The zero-order valence-corrected chi connectivity index (χ0v) is 38.1. The van der Waals surface area contributed by atoms with E-state index < -0.39 is 98.2 Å². The molecule has 0 saturated carbocycles. The summed E-state index contributed by atoms with van der Waals surface area (Å²) in [6, 6.07) is 0. The molecule has 0 aromatic rings. The Morgan fingerprint density at radius 1 is 0.500 bits per heavy atom. The van der Waals surface area contributed by atoms with Crippen LogP contribution in [-0.4, -0.2) is 172 Å². The van der Waals surface area contributed by atoms with Gasteiger partial charge in [0, 0.05) is 50.7 Å². The third kappa shape index (κ3) is 25.5. The molecule has 0 spiro atoms. The molecule has 0 rings (SSSR count). The number of carbonyl (C=O) groups is 7. The van der Waals surface area contributed by atoms with Crippen LogP contribution in [0.15, 0.2) is 5.11 Å². The number of hydrogen-bond acceptors (Lipinski definition) is 17. The van der Waals surface area contributed by atoms with Crippen LogP contribution in [0, 0.1) is 16.2 Å². The molecule has 23 nitrogen and oxygen atoms in total. The van der Waals surface area contributed by atoms with E-state index in [4.69, 9.17) is 38.7 Å². The quantitative estimate of drug-likeness (QED) is 0.0188. The first-order valence-corrected chi connectivity index (χ1v) is 20.7. The Morgan fingerprint density at radius 2 is 0.823 bits per heavy atom. The van der Waals surface area contributed by atoms with Crippen molar-refractivity contribution in [1.29, 1.82) is 0 Å². The number of alkyl carbamates (subject to hydrolysis) is 4. The minimum absolute atomic E-state index is 0.0533. The van der Waals surface area contributed by atoms with Crippen molar-refractivity contribution in [2.75, 3.05) is 120 Å². The highest BCUT2D eigenvalue weighted by atomic mass is 16.6. The van der Waals surface area contributed by atoms with E-state index in [0.29, 0.717) is 71.2 Å². The van der Waals surface area contributed by atoms with E-state index in [0.717, 1.165) is 0 Å². The normalized spacial score (nSPS) is 12.2. The fraction of sp³-hybridized carbons (Fsp3) is 0.821. The van der Waals surface area contributed by atoms with Crippen molar-refractivity contribution in [2.24, 2.45) is 21.4 Å². The Bertz CT molecular complexity index is 1390. The minimum Gasteiger partial charge on any atom is -0.465 e. The van der Waals surface area contributed by atoms with Gasteiger partial charge in [-0.2, -0.15) is 0 Å². The second kappa shape index (κ2) is 31.5. The van der Waals surface area contributed by atoms with Gasteiger partial charge in [0.2, 0.25) is 0 Å². The summed E-state index contributed by atoms with van der Waals surface area (Å²) in [4.78, 5) is 97.4. The van der Waals surface area contributed by atoms with Crippen molar-refractivity contribution in [3.8, 4) is 0 Å². The Morgan fingerprint density at radius 3 is 1.16 bits per heavy atom. The van der Waals surface area contributed by atoms with Crippen LogP contribution in [-0.2, 0) is 47.5 Å². The number of rotatable bonds is 32. The van der Waals surface area contributed by atoms with Crippen molar-refractivity contribution in [3.63, 3.8) is 0 Å². The van der Waals surface area contributed by atoms with Crippen molar-refractivity contribution >= 4 is 42.3 Å². The fourth-order valence-electron chi connectivity index (χ4n) is 4.62. The molecule has 356 valence electrons. The summed E-state index contributed by atoms with van der Waals surface area (Å²) in [5.41, 5.74) is 3.06. The van der Waals surface area contributed by atoms with Crippen LogP contribution < -0.4 is 21.3 Å². The molecule has 4 N–H and O–H groups in total. The monoisotopic (exact) mass is 890 g/mol. The molecule has 0 aliphatic rings. The van der Waals surface area contributed by atoms with Crippen LogP contribution in [0.3, 0.4) is 0 Å². The largest absolute Gasteiger partial charge is 0.465 e. The average Bonchev–Trinajstić information content (AvgIpc) is 3.23. The van der Waals surface area contributed by atoms with Crippen LogP contribution in [0.2, 0.25) is 0 Å². The number of unbranched alkanes of at least 4 members (excludes halogenated alkanes) is 3. The molecular weight excluding hydrogens is 818 g/mol. The molecule has 1 atom stereocenters. The van der Waals surface area contributed by atoms with E-state index in [-0.39, 0.29) is 19.7 Å². The van der Waals surface area contributed by atoms with E-state index in [1.54, 1.807) is 0 Å². The lowest BCUT2D eigenvalue weighted by atomic mass is 9.90. The van der Waals surface area contributed by atoms with Gasteiger partial charge in [-0.3, -0.25) is 14.4 Å². The molecule has 4 amide bonds. The maximum absolute atomic E-state index is 13.9. The molecule has 0 aromatic heterocycles. The van der Waals surface area contributed by atoms with Crippen LogP contribution in [0.25, 0.3) is 10.4 Å². The van der Waals surface area contributed by atoms with Gasteiger partial charge < -0.3 is 64.2 Å². The number of esters is 3. The summed E-state index contributed by atoms with van der Waals surface area (Å²) in [6.07, 6.45) is 0.286. The maximum atomic E-state index is 13.9. The molecule has 0 aliphatic heterocycles. The van der Waals surface area contributed by atoms with Crippen molar-refractivity contribution < 1.29 is 66.7 Å². The van der Waals surface area contributed by atoms with E-state index in [2.05, 4.69) is 31.3 Å². The lowest BCUT2D eigenvalue weighted by Crippen LogP contribution is -2.47. The van der Waals surface area contributed by atoms with Gasteiger partial charge in [0.15, 0.2) is 0 Å². The molecule has 0 heterocycles. The number of hydrogen-bond donors (Lipinski definition) is 4. The third-order valence-electron chi connectivity index (χ3n) is 8.75. The van der Waals surface area contributed by atoms with Gasteiger partial charge in [-0.05, 0) is 80.2 Å². The Labute approximate surface area is 364 Å². The molecule has 23 heteroatoms. The zero-order valence-electron chi connectivity index (χ0n) is 38.1. The Balaban J connectivity index is 6.38. The molecule has 0 aliphatic carbocycles. The van der Waals surface area contributed by atoms with Gasteiger partial charge in [-0.25, -0.2) is 19.2 Å². The van der Waals surface area contributed by atoms with E-state index in [1.807, 2.05) is 51.8 Å². The smallest absolute Gasteiger partial charge is 0.407 e. The SMILES string of the molecule is CCCNC(=O)OCC(C)(COC(=O)NCCC)C(=O)OCC(C)(COC(=O)C(C)(COC(=O)NCCN(C)C)COC(=O)NCCN(C)C)C(=O)OCCCCCCN=[N+]=[N-]. The van der Waals surface area contributed by atoms with Crippen LogP contribution in [0.4, 0.5) is 19.2 Å². The topological polar surface area (TPSA) is 287 Å². The number of azide groups is 1. The van der Waals surface area contributed by atoms with Crippen LogP contribution >= 0.6 is 0 Å². The predicted molar refractivity (Wildman–Crippen MR) is 225 cm³/mol. The van der Waals surface area contributed by atoms with Gasteiger partial charge in [0.1, 0.15) is 55.9 Å². The first-order chi connectivity index (χ1) is 29.3. The molecular formula is C39H71N9O14. The average molecular weight is 890 g/mol. The number of amides is 4. The number of ether oxygens (including phenoxy) is 7. The highest BCUT2D eigenvalue weighted by Crippen LogP contribution is 2.28. The first-order valence-electron chi connectivity index (χ1n) is 20.7. The number of likely N-dealkylation sites (N-methyl/N-ethyl adjacent to an activating group) is 2. The molecule has 0 radical (unpaired) electrons. The van der Waals surface area contributed by atoms with Crippen LogP contribution in [0.1, 0.15) is 73.1 Å². The standard InChI is InChI=1S/C39H71N9O14/c1-10-16-41-33(52)59-26-38(4,27-60-34(53)42-17-11-2)31(50)57-24-37(3,30(49)56-23-15-13-12-14-18-45-46-40)25-58-32(51)39(5,28-61-35(54)43-19-21-47(6)7)29-62-36(55)44-20-22-48(8)9/h10-29H2,1-9H3,(H,41,52)(H,42,53)(H,43,54)(H,44,55). The summed E-state index contributed by atoms with van der Waals surface area (Å²) in [5.74, 6) is -2.97. The summed E-state index contributed by atoms with van der Waals surface area (Å²) in [5, 5.41) is 13.6. The van der Waals surface area contributed by atoms with Crippen LogP contribution in [0.5, 0.6) is 0 Å². The zero-order chi connectivity index (χ0) is 47.0. The second-order valence-electron chi connectivity index (χ2n) is 16.0. The molecule has 0 fully saturated rings. The number of carbonyl (C=O) groups excluding carboxylic acids is 7. The van der Waals surface area contributed by atoms with Gasteiger partial charge in [-0.15, -0.1) is 0 Å². The Kier molecular flexibility index (Phi) is 28.9. The lowest BCUT2D eigenvalue weighted by Gasteiger charge is -2.32. The first kappa shape index (κ1) is 56.7. The van der Waals surface area contributed by atoms with Gasteiger partial charge >= 0.3 is 42.3 Å². The van der Waals surface area contributed by atoms with Crippen molar-refractivity contribution in [3.05, 3.63) is 10.4 Å². The molecule has 0 bridgehead atoms. The molecule has 0 saturated heterocycles. The molecule has 0 aromatic carbocycles. The highest BCUT2D eigenvalue weighted by molar-refractivity contribution is 5.82. The fourth-order valence-corrected chi connectivity index (χ4v) is 4.62. The van der Waals surface area contributed by atoms with Gasteiger partial charge in [0.25, 0.3) is 0 Å². The van der Waals surface area contributed by atoms with E-state index >= 15 is 0 Å². The predicted octanol–water partition coefficient (Wildman–Crippen LogP) is 3.35. The van der Waals surface area contributed by atoms with E-state index in [1.165, 1.54) is 20.8 Å². The summed E-state index contributed by atoms with van der Waals surface area (Å²) >= 11 is 0. The van der Waals surface area contributed by atoms with E-state index in [9.17, 15) is 33.6 Å². The molecule has 62 heavy (non-hydrogen) atoms. The second-order valence-corrected chi connectivity index (χ2v) is 16.0. The highest BCUT2D eigenvalue weighted by Gasteiger charge is 2.45. The van der Waals surface area contributed by atoms with Gasteiger partial charge in [-0.1, -0.05) is 31.8 Å². The van der Waals surface area contributed by atoms with Gasteiger partial charge in [0.05, 0.1) is 6.61 Å². The Hall–Kier alpha value is -5.28.